The van der Waals surface area contributed by atoms with Gasteiger partial charge in [0.25, 0.3) is 0 Å². The first-order valence-electron chi connectivity index (χ1n) is 9.12. The van der Waals surface area contributed by atoms with Crippen LogP contribution in [0.3, 0.4) is 0 Å². The molecular formula is C20H32N2O3. The molecule has 0 spiro atoms. The van der Waals surface area contributed by atoms with Gasteiger partial charge < -0.3 is 20.0 Å². The minimum Gasteiger partial charge on any atom is -0.478 e. The molecule has 1 aliphatic heterocycles. The Labute approximate surface area is 151 Å². The SMILES string of the molecule is CCCCCCCCN1C=CN(C)C1.O=C(O)c1cccc(CO)c1. The molecule has 0 radical (unpaired) electrons. The number of carbonyl (C=O) groups is 1. The summed E-state index contributed by atoms with van der Waals surface area (Å²) in [6.45, 7) is 4.45. The lowest BCUT2D eigenvalue weighted by Crippen LogP contribution is -2.23. The summed E-state index contributed by atoms with van der Waals surface area (Å²) in [6, 6.07) is 6.21. The Kier molecular flexibility index (Phi) is 10.4. The number of nitrogens with zero attached hydrogens (tertiary/aromatic N) is 2. The maximum atomic E-state index is 10.4. The first-order valence-corrected chi connectivity index (χ1v) is 9.12. The Morgan fingerprint density at radius 2 is 1.84 bits per heavy atom. The first kappa shape index (κ1) is 21.0. The monoisotopic (exact) mass is 348 g/mol. The molecule has 0 atom stereocenters. The summed E-state index contributed by atoms with van der Waals surface area (Å²) in [5, 5.41) is 17.2. The van der Waals surface area contributed by atoms with Crippen LogP contribution in [0.4, 0.5) is 0 Å². The highest BCUT2D eigenvalue weighted by Crippen LogP contribution is 2.09. The van der Waals surface area contributed by atoms with Crippen molar-refractivity contribution in [3.05, 3.63) is 47.8 Å². The van der Waals surface area contributed by atoms with Crippen LogP contribution in [0.25, 0.3) is 0 Å². The summed E-state index contributed by atoms with van der Waals surface area (Å²) < 4.78 is 0. The minimum absolute atomic E-state index is 0.124. The molecule has 5 heteroatoms. The summed E-state index contributed by atoms with van der Waals surface area (Å²) >= 11 is 0. The number of aliphatic hydroxyl groups excluding tert-OH is 1. The zero-order valence-corrected chi connectivity index (χ0v) is 15.5. The Bertz CT molecular complexity index is 531. The van der Waals surface area contributed by atoms with Gasteiger partial charge in [0.1, 0.15) is 0 Å². The molecule has 2 rings (SSSR count). The summed E-state index contributed by atoms with van der Waals surface area (Å²) in [6.07, 6.45) is 12.7. The third-order valence-electron chi connectivity index (χ3n) is 4.09. The van der Waals surface area contributed by atoms with Gasteiger partial charge in [-0.2, -0.15) is 0 Å². The fourth-order valence-electron chi connectivity index (χ4n) is 2.63. The van der Waals surface area contributed by atoms with Crippen LogP contribution < -0.4 is 0 Å². The summed E-state index contributed by atoms with van der Waals surface area (Å²) in [4.78, 5) is 15.0. The highest BCUT2D eigenvalue weighted by atomic mass is 16.4. The number of hydrogen-bond donors (Lipinski definition) is 2. The zero-order valence-electron chi connectivity index (χ0n) is 15.5. The van der Waals surface area contributed by atoms with Crippen molar-refractivity contribution in [2.24, 2.45) is 0 Å². The highest BCUT2D eigenvalue weighted by Gasteiger charge is 2.06. The van der Waals surface area contributed by atoms with Crippen LogP contribution in [0.1, 0.15) is 61.4 Å². The van der Waals surface area contributed by atoms with Crippen LogP contribution in [0.2, 0.25) is 0 Å². The van der Waals surface area contributed by atoms with E-state index in [-0.39, 0.29) is 12.2 Å². The molecule has 1 aliphatic rings. The molecule has 0 fully saturated rings. The van der Waals surface area contributed by atoms with Crippen molar-refractivity contribution in [2.75, 3.05) is 20.3 Å². The number of aliphatic hydroxyl groups is 1. The van der Waals surface area contributed by atoms with Crippen LogP contribution in [-0.2, 0) is 6.61 Å². The number of aromatic carboxylic acids is 1. The molecule has 0 unspecified atom stereocenters. The van der Waals surface area contributed by atoms with Crippen LogP contribution in [0, 0.1) is 0 Å². The fourth-order valence-corrected chi connectivity index (χ4v) is 2.63. The van der Waals surface area contributed by atoms with E-state index in [1.807, 2.05) is 0 Å². The molecule has 1 aromatic rings. The number of carboxylic acids is 1. The third-order valence-corrected chi connectivity index (χ3v) is 4.09. The molecule has 0 aromatic heterocycles. The maximum Gasteiger partial charge on any atom is 0.335 e. The lowest BCUT2D eigenvalue weighted by Gasteiger charge is -2.17. The van der Waals surface area contributed by atoms with Crippen molar-refractivity contribution in [1.29, 1.82) is 0 Å². The van der Waals surface area contributed by atoms with Gasteiger partial charge >= 0.3 is 5.97 Å². The lowest BCUT2D eigenvalue weighted by molar-refractivity contribution is 0.0696. The van der Waals surface area contributed by atoms with Gasteiger partial charge in [-0.25, -0.2) is 4.79 Å². The number of benzene rings is 1. The van der Waals surface area contributed by atoms with Gasteiger partial charge in [0, 0.05) is 26.0 Å². The molecular weight excluding hydrogens is 316 g/mol. The van der Waals surface area contributed by atoms with Gasteiger partial charge in [-0.05, 0) is 24.1 Å². The van der Waals surface area contributed by atoms with Gasteiger partial charge in [0.05, 0.1) is 18.8 Å². The van der Waals surface area contributed by atoms with E-state index in [1.165, 1.54) is 57.2 Å². The van der Waals surface area contributed by atoms with E-state index in [9.17, 15) is 4.79 Å². The molecule has 5 nitrogen and oxygen atoms in total. The summed E-state index contributed by atoms with van der Waals surface area (Å²) in [5.74, 6) is -0.972. The molecule has 0 amide bonds. The Morgan fingerprint density at radius 1 is 1.12 bits per heavy atom. The second-order valence-electron chi connectivity index (χ2n) is 6.44. The number of carboxylic acid groups (broad SMARTS) is 1. The van der Waals surface area contributed by atoms with Crippen molar-refractivity contribution in [3.63, 3.8) is 0 Å². The van der Waals surface area contributed by atoms with Crippen LogP contribution in [0.5, 0.6) is 0 Å². The average Bonchev–Trinajstić information content (AvgIpc) is 3.04. The number of hydrogen-bond acceptors (Lipinski definition) is 4. The first-order chi connectivity index (χ1) is 12.1. The molecule has 2 N–H and O–H groups in total. The van der Waals surface area contributed by atoms with Gasteiger partial charge in [-0.15, -0.1) is 0 Å². The molecule has 0 saturated carbocycles. The predicted molar refractivity (Wildman–Crippen MR) is 101 cm³/mol. The van der Waals surface area contributed by atoms with Crippen LogP contribution >= 0.6 is 0 Å². The predicted octanol–water partition coefficient (Wildman–Crippen LogP) is 3.90. The molecule has 0 aliphatic carbocycles. The lowest BCUT2D eigenvalue weighted by atomic mass is 10.1. The van der Waals surface area contributed by atoms with Gasteiger partial charge in [-0.3, -0.25) is 0 Å². The quantitative estimate of drug-likeness (QED) is 0.663. The van der Waals surface area contributed by atoms with Crippen LogP contribution in [0.15, 0.2) is 36.7 Å². The molecule has 1 aromatic carbocycles. The van der Waals surface area contributed by atoms with E-state index in [1.54, 1.807) is 12.1 Å². The number of rotatable bonds is 9. The van der Waals surface area contributed by atoms with Crippen LogP contribution in [-0.4, -0.2) is 46.2 Å². The van der Waals surface area contributed by atoms with E-state index in [0.717, 1.165) is 6.67 Å². The molecule has 1 heterocycles. The van der Waals surface area contributed by atoms with E-state index >= 15 is 0 Å². The van der Waals surface area contributed by atoms with E-state index in [2.05, 4.69) is 36.2 Å². The standard InChI is InChI=1S/C12H24N2.C8H8O3/c1-3-4-5-6-7-8-9-14-11-10-13(2)12-14;9-5-6-2-1-3-7(4-6)8(10)11/h10-11H,3-9,12H2,1-2H3;1-4,9H,5H2,(H,10,11). The smallest absolute Gasteiger partial charge is 0.335 e. The molecule has 0 bridgehead atoms. The Hall–Kier alpha value is -2.01. The number of unbranched alkanes of at least 4 members (excludes halogenated alkanes) is 5. The van der Waals surface area contributed by atoms with Gasteiger partial charge in [0.2, 0.25) is 0 Å². The van der Waals surface area contributed by atoms with Gasteiger partial charge in [-0.1, -0.05) is 51.2 Å². The van der Waals surface area contributed by atoms with E-state index in [4.69, 9.17) is 10.2 Å². The second kappa shape index (κ2) is 12.4. The largest absolute Gasteiger partial charge is 0.478 e. The third kappa shape index (κ3) is 9.15. The van der Waals surface area contributed by atoms with E-state index in [0.29, 0.717) is 5.56 Å². The Balaban J connectivity index is 0.000000257. The van der Waals surface area contributed by atoms with Crippen molar-refractivity contribution >= 4 is 5.97 Å². The summed E-state index contributed by atoms with van der Waals surface area (Å²) in [5.41, 5.74) is 0.821. The Morgan fingerprint density at radius 3 is 2.44 bits per heavy atom. The maximum absolute atomic E-state index is 10.4. The summed E-state index contributed by atoms with van der Waals surface area (Å²) in [7, 11) is 2.12. The fraction of sp³-hybridized carbons (Fsp3) is 0.550. The topological polar surface area (TPSA) is 64.0 Å². The molecule has 140 valence electrons. The van der Waals surface area contributed by atoms with Crippen molar-refractivity contribution in [3.8, 4) is 0 Å². The zero-order chi connectivity index (χ0) is 18.5. The normalized spacial score (nSPS) is 12.9. The average molecular weight is 348 g/mol. The second-order valence-corrected chi connectivity index (χ2v) is 6.44. The van der Waals surface area contributed by atoms with Crippen molar-refractivity contribution in [2.45, 2.75) is 52.1 Å². The van der Waals surface area contributed by atoms with Gasteiger partial charge in [0.15, 0.2) is 0 Å². The highest BCUT2D eigenvalue weighted by molar-refractivity contribution is 5.87. The van der Waals surface area contributed by atoms with E-state index < -0.39 is 5.97 Å². The minimum atomic E-state index is -0.972. The van der Waals surface area contributed by atoms with Crippen molar-refractivity contribution < 1.29 is 15.0 Å². The molecule has 0 saturated heterocycles. The molecule has 25 heavy (non-hydrogen) atoms. The van der Waals surface area contributed by atoms with Crippen molar-refractivity contribution in [1.82, 2.24) is 9.80 Å².